The van der Waals surface area contributed by atoms with Gasteiger partial charge in [-0.1, -0.05) is 34.8 Å². The molecule has 1 aliphatic heterocycles. The Kier molecular flexibility index (Phi) is 3.70. The highest BCUT2D eigenvalue weighted by atomic mass is 127. The lowest BCUT2D eigenvalue weighted by atomic mass is 10.2. The van der Waals surface area contributed by atoms with E-state index in [9.17, 15) is 0 Å². The quantitative estimate of drug-likeness (QED) is 0.613. The van der Waals surface area contributed by atoms with E-state index < -0.39 is 0 Å². The van der Waals surface area contributed by atoms with E-state index in [2.05, 4.69) is 39.7 Å². The third-order valence-electron chi connectivity index (χ3n) is 2.68. The number of hydrogen-bond acceptors (Lipinski definition) is 1. The predicted octanol–water partition coefficient (Wildman–Crippen LogP) is 2.66. The van der Waals surface area contributed by atoms with Crippen molar-refractivity contribution < 1.29 is 0 Å². The fourth-order valence-electron chi connectivity index (χ4n) is 1.90. The summed E-state index contributed by atoms with van der Waals surface area (Å²) in [6.45, 7) is 3.68. The van der Waals surface area contributed by atoms with Crippen LogP contribution in [0.5, 0.6) is 0 Å². The molecule has 1 aliphatic rings. The van der Waals surface area contributed by atoms with E-state index in [0.29, 0.717) is 0 Å². The molecule has 0 radical (unpaired) electrons. The maximum atomic E-state index is 4.09. The van der Waals surface area contributed by atoms with Crippen LogP contribution in [-0.4, -0.2) is 26.4 Å². The monoisotopic (exact) mass is 301 g/mol. The molecule has 0 saturated carbocycles. The van der Waals surface area contributed by atoms with E-state index in [1.165, 1.54) is 25.1 Å². The summed E-state index contributed by atoms with van der Waals surface area (Å²) >= 11 is 0.209. The lowest BCUT2D eigenvalue weighted by Gasteiger charge is -2.14. The molecule has 0 N–H and O–H groups in total. The lowest BCUT2D eigenvalue weighted by Crippen LogP contribution is -2.20. The molecule has 2 rings (SSSR count). The number of alkyl halides is 1. The van der Waals surface area contributed by atoms with Crippen LogP contribution in [0.25, 0.3) is 0 Å². The summed E-state index contributed by atoms with van der Waals surface area (Å²) in [6, 6.07) is 10.8. The molecule has 2 heteroatoms. The maximum absolute atomic E-state index is 4.09. The van der Waals surface area contributed by atoms with E-state index in [-0.39, 0.29) is 20.7 Å². The van der Waals surface area contributed by atoms with Crippen molar-refractivity contribution in [1.29, 1.82) is 0 Å². The minimum Gasteiger partial charge on any atom is -0.298 e. The number of hydrogen-bond donors (Lipinski definition) is 0. The van der Waals surface area contributed by atoms with Gasteiger partial charge in [-0.15, -0.1) is 20.7 Å². The summed E-state index contributed by atoms with van der Waals surface area (Å²) in [5.41, 5.74) is 1.44. The van der Waals surface area contributed by atoms with Crippen LogP contribution in [0.1, 0.15) is 12.0 Å². The van der Waals surface area contributed by atoms with Crippen LogP contribution in [0.4, 0.5) is 0 Å². The zero-order chi connectivity index (χ0) is 9.80. The molecule has 1 saturated heterocycles. The highest BCUT2D eigenvalue weighted by molar-refractivity contribution is 14.2. The molecule has 1 nitrogen and oxygen atoms in total. The highest BCUT2D eigenvalue weighted by Crippen LogP contribution is 2.21. The van der Waals surface area contributed by atoms with Gasteiger partial charge in [0.15, 0.2) is 0 Å². The van der Waals surface area contributed by atoms with E-state index in [1.54, 1.807) is 0 Å². The van der Waals surface area contributed by atoms with E-state index in [1.807, 2.05) is 0 Å². The molecule has 76 valence electrons. The first-order valence-corrected chi connectivity index (χ1v) is 7.79. The van der Waals surface area contributed by atoms with Crippen molar-refractivity contribution in [2.75, 3.05) is 13.1 Å². The van der Waals surface area contributed by atoms with Crippen molar-refractivity contribution >= 4 is 25.2 Å². The van der Waals surface area contributed by atoms with Gasteiger partial charge in [-0.2, -0.15) is 0 Å². The fraction of sp³-hybridized carbons (Fsp3) is 0.417. The number of nitrogens with zero attached hydrogens (tertiary/aromatic N) is 1. The van der Waals surface area contributed by atoms with Gasteiger partial charge in [-0.25, -0.2) is 0 Å². The molecule has 0 bridgehead atoms. The Labute approximate surface area is 95.9 Å². The Hall–Kier alpha value is -0.220. The molecule has 1 fully saturated rings. The van der Waals surface area contributed by atoms with Crippen LogP contribution in [0.2, 0.25) is 0 Å². The van der Waals surface area contributed by atoms with Crippen molar-refractivity contribution in [2.24, 2.45) is 0 Å². The molecule has 0 aliphatic carbocycles. The van der Waals surface area contributed by atoms with Crippen LogP contribution in [0.15, 0.2) is 30.3 Å². The number of likely N-dealkylation sites (tertiary alicyclic amines) is 1. The zero-order valence-corrected chi connectivity index (χ0v) is 10.5. The molecule has 0 spiro atoms. The van der Waals surface area contributed by atoms with E-state index in [0.717, 1.165) is 10.5 Å². The third kappa shape index (κ3) is 2.64. The molecule has 14 heavy (non-hydrogen) atoms. The number of halogens is 1. The van der Waals surface area contributed by atoms with Crippen LogP contribution in [0.3, 0.4) is 0 Å². The van der Waals surface area contributed by atoms with Gasteiger partial charge in [0.1, 0.15) is 0 Å². The standard InChI is InChI=1S/C12H16IN/c1-13-12-7-8-14(10-12)9-11-5-3-2-4-6-11/h2-6,12H,1,7-10H2. The smallest absolute Gasteiger partial charge is 0.0234 e. The Morgan fingerprint density at radius 2 is 2.14 bits per heavy atom. The molecule has 1 atom stereocenters. The van der Waals surface area contributed by atoms with Crippen molar-refractivity contribution in [3.8, 4) is 0 Å². The number of benzene rings is 1. The van der Waals surface area contributed by atoms with Crippen LogP contribution in [-0.2, 0) is 6.54 Å². The Bertz CT molecular complexity index is 296. The summed E-state index contributed by atoms with van der Waals surface area (Å²) in [7, 11) is 0. The highest BCUT2D eigenvalue weighted by Gasteiger charge is 2.19. The Morgan fingerprint density at radius 3 is 2.79 bits per heavy atom. The van der Waals surface area contributed by atoms with E-state index >= 15 is 0 Å². The summed E-state index contributed by atoms with van der Waals surface area (Å²) in [4.78, 5) is 2.56. The van der Waals surface area contributed by atoms with Gasteiger partial charge in [0.25, 0.3) is 0 Å². The molecule has 1 unspecified atom stereocenters. The molecule has 1 aromatic rings. The van der Waals surface area contributed by atoms with Crippen LogP contribution >= 0.6 is 20.7 Å². The van der Waals surface area contributed by atoms with Crippen LogP contribution in [0, 0.1) is 0 Å². The van der Waals surface area contributed by atoms with Gasteiger partial charge in [0.2, 0.25) is 0 Å². The van der Waals surface area contributed by atoms with Gasteiger partial charge in [-0.3, -0.25) is 4.90 Å². The van der Waals surface area contributed by atoms with Crippen LogP contribution < -0.4 is 0 Å². The second-order valence-corrected chi connectivity index (χ2v) is 6.40. The first kappa shape index (κ1) is 10.3. The van der Waals surface area contributed by atoms with Gasteiger partial charge < -0.3 is 0 Å². The Balaban J connectivity index is 1.90. The van der Waals surface area contributed by atoms with Crippen molar-refractivity contribution in [3.63, 3.8) is 0 Å². The SMILES string of the molecule is C=IC1CCN(Cc2ccccc2)C1. The van der Waals surface area contributed by atoms with Gasteiger partial charge in [0, 0.05) is 17.0 Å². The minimum absolute atomic E-state index is 0.209. The summed E-state index contributed by atoms with van der Waals surface area (Å²) < 4.78 is 5.03. The second-order valence-electron chi connectivity index (χ2n) is 3.76. The number of rotatable bonds is 3. The molecule has 1 aromatic carbocycles. The van der Waals surface area contributed by atoms with E-state index in [4.69, 9.17) is 0 Å². The van der Waals surface area contributed by atoms with Crippen molar-refractivity contribution in [2.45, 2.75) is 16.9 Å². The summed E-state index contributed by atoms with van der Waals surface area (Å²) in [6.07, 6.45) is 1.38. The third-order valence-corrected chi connectivity index (χ3v) is 4.94. The zero-order valence-electron chi connectivity index (χ0n) is 8.32. The average Bonchev–Trinajstić information content (AvgIpc) is 2.67. The Morgan fingerprint density at radius 1 is 1.36 bits per heavy atom. The molecular formula is C12H16IN. The molecular weight excluding hydrogens is 285 g/mol. The fourth-order valence-corrected chi connectivity index (χ4v) is 3.45. The van der Waals surface area contributed by atoms with Gasteiger partial charge in [0.05, 0.1) is 0 Å². The summed E-state index contributed by atoms with van der Waals surface area (Å²) in [5, 5.41) is 0. The van der Waals surface area contributed by atoms with Crippen molar-refractivity contribution in [3.05, 3.63) is 35.9 Å². The van der Waals surface area contributed by atoms with Gasteiger partial charge in [-0.05, 0) is 18.5 Å². The summed E-state index contributed by atoms with van der Waals surface area (Å²) in [5.74, 6) is 0. The first-order valence-electron chi connectivity index (χ1n) is 5.01. The lowest BCUT2D eigenvalue weighted by molar-refractivity contribution is 0.333. The normalized spacial score (nSPS) is 22.7. The topological polar surface area (TPSA) is 3.24 Å². The second kappa shape index (κ2) is 5.03. The van der Waals surface area contributed by atoms with Gasteiger partial charge >= 0.3 is 0 Å². The maximum Gasteiger partial charge on any atom is 0.0234 e. The molecule has 1 heterocycles. The average molecular weight is 301 g/mol. The molecule has 0 aromatic heterocycles. The predicted molar refractivity (Wildman–Crippen MR) is 71.3 cm³/mol. The molecule has 0 amide bonds. The van der Waals surface area contributed by atoms with Crippen molar-refractivity contribution in [1.82, 2.24) is 4.90 Å². The minimum atomic E-state index is 0.209. The first-order chi connectivity index (χ1) is 6.88. The largest absolute Gasteiger partial charge is 0.298 e.